The Morgan fingerprint density at radius 1 is 1.24 bits per heavy atom. The zero-order chi connectivity index (χ0) is 16.0. The van der Waals surface area contributed by atoms with Crippen LogP contribution >= 0.6 is 0 Å². The maximum atomic E-state index is 13.0. The first-order valence-electron chi connectivity index (χ1n) is 6.65. The van der Waals surface area contributed by atoms with E-state index >= 15 is 0 Å². The lowest BCUT2D eigenvalue weighted by atomic mass is 10.0. The number of carbonyl (C=O) groups is 2. The quantitative estimate of drug-likeness (QED) is 0.815. The Morgan fingerprint density at radius 3 is 2.43 bits per heavy atom. The zero-order valence-electron chi connectivity index (χ0n) is 12.6. The number of halogens is 1. The van der Waals surface area contributed by atoms with Crippen molar-refractivity contribution in [2.75, 3.05) is 7.11 Å². The van der Waals surface area contributed by atoms with Gasteiger partial charge in [-0.1, -0.05) is 19.9 Å². The van der Waals surface area contributed by atoms with E-state index in [0.717, 1.165) is 0 Å². The summed E-state index contributed by atoms with van der Waals surface area (Å²) in [6.07, 6.45) is -0.863. The van der Waals surface area contributed by atoms with Gasteiger partial charge in [0.25, 0.3) is 5.91 Å². The summed E-state index contributed by atoms with van der Waals surface area (Å²) in [4.78, 5) is 23.6. The van der Waals surface area contributed by atoms with E-state index in [4.69, 9.17) is 4.74 Å². The van der Waals surface area contributed by atoms with Crippen LogP contribution in [0.1, 0.15) is 20.8 Å². The van der Waals surface area contributed by atoms with Crippen molar-refractivity contribution in [3.05, 3.63) is 30.1 Å². The van der Waals surface area contributed by atoms with Crippen LogP contribution in [0.2, 0.25) is 0 Å². The number of nitrogens with one attached hydrogen (secondary N) is 1. The third-order valence-electron chi connectivity index (χ3n) is 2.90. The summed E-state index contributed by atoms with van der Waals surface area (Å²) in [7, 11) is 1.26. The molecule has 0 saturated heterocycles. The molecule has 6 heteroatoms. The number of hydrogen-bond donors (Lipinski definition) is 1. The van der Waals surface area contributed by atoms with E-state index in [0.29, 0.717) is 0 Å². The third kappa shape index (κ3) is 5.06. The van der Waals surface area contributed by atoms with Crippen LogP contribution < -0.4 is 10.1 Å². The van der Waals surface area contributed by atoms with Crippen molar-refractivity contribution in [1.29, 1.82) is 0 Å². The second-order valence-electron chi connectivity index (χ2n) is 4.97. The van der Waals surface area contributed by atoms with E-state index in [-0.39, 0.29) is 11.7 Å². The number of esters is 1. The molecule has 0 aromatic heterocycles. The monoisotopic (exact) mass is 297 g/mol. The number of methoxy groups -OCH3 is 1. The number of rotatable bonds is 6. The van der Waals surface area contributed by atoms with E-state index in [1.165, 1.54) is 32.2 Å². The Hall–Kier alpha value is -2.11. The molecule has 1 N–H and O–H groups in total. The Bertz CT molecular complexity index is 504. The minimum Gasteiger partial charge on any atom is -0.481 e. The maximum Gasteiger partial charge on any atom is 0.328 e. The van der Waals surface area contributed by atoms with Crippen molar-refractivity contribution < 1.29 is 23.5 Å². The molecule has 0 fully saturated rings. The summed E-state index contributed by atoms with van der Waals surface area (Å²) < 4.78 is 23.0. The van der Waals surface area contributed by atoms with Crippen molar-refractivity contribution >= 4 is 11.9 Å². The van der Waals surface area contributed by atoms with Crippen molar-refractivity contribution in [1.82, 2.24) is 5.32 Å². The molecule has 0 heterocycles. The molecule has 21 heavy (non-hydrogen) atoms. The number of amides is 1. The second-order valence-corrected chi connectivity index (χ2v) is 4.97. The first-order chi connectivity index (χ1) is 9.85. The van der Waals surface area contributed by atoms with Crippen LogP contribution in [0.4, 0.5) is 4.39 Å². The molecule has 0 radical (unpaired) electrons. The Labute approximate surface area is 123 Å². The number of hydrogen-bond acceptors (Lipinski definition) is 4. The predicted octanol–water partition coefficient (Wildman–Crippen LogP) is 1.91. The highest BCUT2D eigenvalue weighted by Crippen LogP contribution is 2.14. The predicted molar refractivity (Wildman–Crippen MR) is 75.3 cm³/mol. The van der Waals surface area contributed by atoms with E-state index in [1.807, 2.05) is 0 Å². The van der Waals surface area contributed by atoms with Gasteiger partial charge in [0.2, 0.25) is 0 Å². The summed E-state index contributed by atoms with van der Waals surface area (Å²) in [6, 6.07) is 4.75. The summed E-state index contributed by atoms with van der Waals surface area (Å²) >= 11 is 0. The summed E-state index contributed by atoms with van der Waals surface area (Å²) in [6.45, 7) is 5.11. The van der Waals surface area contributed by atoms with Crippen LogP contribution in [-0.4, -0.2) is 31.1 Å². The number of carbonyl (C=O) groups excluding carboxylic acids is 2. The summed E-state index contributed by atoms with van der Waals surface area (Å²) in [5.41, 5.74) is 0. The summed E-state index contributed by atoms with van der Waals surface area (Å²) in [5.74, 6) is -1.31. The third-order valence-corrected chi connectivity index (χ3v) is 2.90. The fraction of sp³-hybridized carbons (Fsp3) is 0.467. The smallest absolute Gasteiger partial charge is 0.328 e. The van der Waals surface area contributed by atoms with Gasteiger partial charge in [0.15, 0.2) is 6.10 Å². The van der Waals surface area contributed by atoms with Gasteiger partial charge in [-0.2, -0.15) is 0 Å². The SMILES string of the molecule is COC(=O)[C@@H](NC(=O)[C@H](C)Oc1cccc(F)c1)C(C)C. The first-order valence-corrected chi connectivity index (χ1v) is 6.65. The van der Waals surface area contributed by atoms with Crippen LogP contribution in [-0.2, 0) is 14.3 Å². The van der Waals surface area contributed by atoms with Gasteiger partial charge in [-0.3, -0.25) is 4.79 Å². The standard InChI is InChI=1S/C15H20FNO4/c1-9(2)13(15(19)20-4)17-14(18)10(3)21-12-7-5-6-11(16)8-12/h5-10,13H,1-4H3,(H,17,18)/t10-,13-/m0/s1. The zero-order valence-corrected chi connectivity index (χ0v) is 12.6. The molecule has 116 valence electrons. The van der Waals surface area contributed by atoms with Gasteiger partial charge in [0.05, 0.1) is 7.11 Å². The molecule has 1 aromatic carbocycles. The molecule has 0 aliphatic heterocycles. The first kappa shape index (κ1) is 16.9. The van der Waals surface area contributed by atoms with Gasteiger partial charge in [0, 0.05) is 6.07 Å². The minimum absolute atomic E-state index is 0.122. The van der Waals surface area contributed by atoms with Crippen molar-refractivity contribution in [2.24, 2.45) is 5.92 Å². The highest BCUT2D eigenvalue weighted by atomic mass is 19.1. The lowest BCUT2D eigenvalue weighted by Gasteiger charge is -2.22. The highest BCUT2D eigenvalue weighted by Gasteiger charge is 2.27. The van der Waals surface area contributed by atoms with Crippen LogP contribution in [0.3, 0.4) is 0 Å². The van der Waals surface area contributed by atoms with Crippen LogP contribution in [0.5, 0.6) is 5.75 Å². The average molecular weight is 297 g/mol. The van der Waals surface area contributed by atoms with Gasteiger partial charge in [-0.15, -0.1) is 0 Å². The van der Waals surface area contributed by atoms with E-state index in [1.54, 1.807) is 19.9 Å². The fourth-order valence-electron chi connectivity index (χ4n) is 1.69. The molecule has 1 rings (SSSR count). The molecular weight excluding hydrogens is 277 g/mol. The molecule has 5 nitrogen and oxygen atoms in total. The van der Waals surface area contributed by atoms with E-state index < -0.39 is 29.8 Å². The number of benzene rings is 1. The maximum absolute atomic E-state index is 13.0. The average Bonchev–Trinajstić information content (AvgIpc) is 2.43. The second kappa shape index (κ2) is 7.61. The van der Waals surface area contributed by atoms with Crippen molar-refractivity contribution in [3.8, 4) is 5.75 Å². The lowest BCUT2D eigenvalue weighted by Crippen LogP contribution is -2.49. The minimum atomic E-state index is -0.863. The Kier molecular flexibility index (Phi) is 6.14. The molecule has 0 aliphatic rings. The highest BCUT2D eigenvalue weighted by molar-refractivity contribution is 5.87. The Morgan fingerprint density at radius 2 is 1.90 bits per heavy atom. The van der Waals surface area contributed by atoms with Gasteiger partial charge in [0.1, 0.15) is 17.6 Å². The van der Waals surface area contributed by atoms with E-state index in [2.05, 4.69) is 10.1 Å². The topological polar surface area (TPSA) is 64.6 Å². The molecule has 0 spiro atoms. The molecular formula is C15H20FNO4. The molecule has 1 aromatic rings. The fourth-order valence-corrected chi connectivity index (χ4v) is 1.69. The van der Waals surface area contributed by atoms with Gasteiger partial charge >= 0.3 is 5.97 Å². The normalized spacial score (nSPS) is 13.4. The van der Waals surface area contributed by atoms with Gasteiger partial charge in [-0.25, -0.2) is 9.18 Å². The summed E-state index contributed by atoms with van der Waals surface area (Å²) in [5, 5.41) is 2.57. The van der Waals surface area contributed by atoms with Crippen LogP contribution in [0.15, 0.2) is 24.3 Å². The molecule has 0 aliphatic carbocycles. The van der Waals surface area contributed by atoms with Gasteiger partial charge in [-0.05, 0) is 25.0 Å². The molecule has 1 amide bonds. The van der Waals surface area contributed by atoms with Crippen molar-refractivity contribution in [3.63, 3.8) is 0 Å². The molecule has 0 saturated carbocycles. The van der Waals surface area contributed by atoms with Crippen LogP contribution in [0, 0.1) is 11.7 Å². The molecule has 2 atom stereocenters. The van der Waals surface area contributed by atoms with E-state index in [9.17, 15) is 14.0 Å². The number of ether oxygens (including phenoxy) is 2. The van der Waals surface area contributed by atoms with Crippen molar-refractivity contribution in [2.45, 2.75) is 32.9 Å². The largest absolute Gasteiger partial charge is 0.481 e. The molecule has 0 unspecified atom stereocenters. The Balaban J connectivity index is 2.67. The van der Waals surface area contributed by atoms with Gasteiger partial charge < -0.3 is 14.8 Å². The lowest BCUT2D eigenvalue weighted by molar-refractivity contribution is -0.147. The van der Waals surface area contributed by atoms with Crippen LogP contribution in [0.25, 0.3) is 0 Å². The molecule has 0 bridgehead atoms.